The molecule has 0 N–H and O–H groups in total. The summed E-state index contributed by atoms with van der Waals surface area (Å²) in [7, 11) is 0. The lowest BCUT2D eigenvalue weighted by molar-refractivity contribution is -0.104. The highest BCUT2D eigenvalue weighted by Gasteiger charge is 2.14. The van der Waals surface area contributed by atoms with Crippen molar-refractivity contribution in [2.75, 3.05) is 6.61 Å². The Labute approximate surface area is 91.6 Å². The zero-order valence-corrected chi connectivity index (χ0v) is 9.34. The number of carbonyl (C=O) groups is 2. The van der Waals surface area contributed by atoms with Crippen LogP contribution < -0.4 is 0 Å². The molecule has 4 nitrogen and oxygen atoms in total. The summed E-state index contributed by atoms with van der Waals surface area (Å²) < 4.78 is 4.86. The molecule has 0 radical (unpaired) electrons. The maximum atomic E-state index is 11.4. The van der Waals surface area contributed by atoms with Crippen LogP contribution in [-0.4, -0.2) is 23.8 Å². The number of hydrogen-bond donors (Lipinski definition) is 0. The number of thiazole rings is 1. The summed E-state index contributed by atoms with van der Waals surface area (Å²) in [4.78, 5) is 26.1. The molecule has 0 bridgehead atoms. The van der Waals surface area contributed by atoms with Crippen LogP contribution in [-0.2, 0) is 9.53 Å². The second-order valence-electron chi connectivity index (χ2n) is 2.68. The van der Waals surface area contributed by atoms with Gasteiger partial charge in [-0.05, 0) is 26.0 Å². The molecule has 80 valence electrons. The molecule has 0 spiro atoms. The average molecular weight is 225 g/mol. The molecule has 1 aromatic heterocycles. The van der Waals surface area contributed by atoms with Gasteiger partial charge in [0.05, 0.1) is 12.3 Å². The average Bonchev–Trinajstić information content (AvgIpc) is 2.57. The largest absolute Gasteiger partial charge is 0.462 e. The zero-order valence-electron chi connectivity index (χ0n) is 8.52. The minimum absolute atomic E-state index is 0.343. The van der Waals surface area contributed by atoms with Gasteiger partial charge >= 0.3 is 5.97 Å². The van der Waals surface area contributed by atoms with Crippen LogP contribution >= 0.6 is 11.3 Å². The number of aryl methyl sites for hydroxylation is 1. The van der Waals surface area contributed by atoms with Crippen molar-refractivity contribution in [1.29, 1.82) is 0 Å². The number of carbonyl (C=O) groups excluding carboxylic acids is 2. The fraction of sp³-hybridized carbons (Fsp3) is 0.300. The third-order valence-electron chi connectivity index (χ3n) is 1.59. The van der Waals surface area contributed by atoms with Gasteiger partial charge in [-0.3, -0.25) is 4.79 Å². The monoisotopic (exact) mass is 225 g/mol. The predicted octanol–water partition coefficient (Wildman–Crippen LogP) is 1.84. The van der Waals surface area contributed by atoms with Gasteiger partial charge in [-0.15, -0.1) is 11.3 Å². The smallest absolute Gasteiger partial charge is 0.350 e. The Balaban J connectivity index is 2.90. The van der Waals surface area contributed by atoms with Crippen LogP contribution in [0.1, 0.15) is 27.3 Å². The molecule has 0 aliphatic heterocycles. The Morgan fingerprint density at radius 1 is 1.60 bits per heavy atom. The number of rotatable bonds is 4. The highest BCUT2D eigenvalue weighted by atomic mass is 32.1. The SMILES string of the molecule is CCOC(=O)c1sc(C=CC=O)nc1C. The first kappa shape index (κ1) is 11.6. The third kappa shape index (κ3) is 2.99. The molecule has 0 aliphatic rings. The molecule has 0 aromatic carbocycles. The Bertz CT molecular complexity index is 395. The van der Waals surface area contributed by atoms with Crippen molar-refractivity contribution >= 4 is 29.7 Å². The van der Waals surface area contributed by atoms with Gasteiger partial charge in [-0.2, -0.15) is 0 Å². The summed E-state index contributed by atoms with van der Waals surface area (Å²) in [6.45, 7) is 3.83. The Hall–Kier alpha value is -1.49. The quantitative estimate of drug-likeness (QED) is 0.445. The lowest BCUT2D eigenvalue weighted by atomic mass is 10.4. The Morgan fingerprint density at radius 3 is 2.93 bits per heavy atom. The van der Waals surface area contributed by atoms with Gasteiger partial charge in [0.15, 0.2) is 0 Å². The van der Waals surface area contributed by atoms with E-state index in [1.165, 1.54) is 17.4 Å². The van der Waals surface area contributed by atoms with E-state index in [2.05, 4.69) is 4.98 Å². The highest BCUT2D eigenvalue weighted by molar-refractivity contribution is 7.14. The van der Waals surface area contributed by atoms with Crippen LogP contribution in [0.5, 0.6) is 0 Å². The van der Waals surface area contributed by atoms with Crippen molar-refractivity contribution < 1.29 is 14.3 Å². The maximum Gasteiger partial charge on any atom is 0.350 e. The molecule has 0 saturated heterocycles. The molecule has 0 fully saturated rings. The van der Waals surface area contributed by atoms with Gasteiger partial charge in [0.25, 0.3) is 0 Å². The standard InChI is InChI=1S/C10H11NO3S/c1-3-14-10(13)9-7(2)11-8(15-9)5-4-6-12/h4-6H,3H2,1-2H3. The first-order chi connectivity index (χ1) is 7.19. The van der Waals surface area contributed by atoms with Gasteiger partial charge in [-0.1, -0.05) is 0 Å². The van der Waals surface area contributed by atoms with E-state index in [1.54, 1.807) is 19.9 Å². The number of nitrogens with zero attached hydrogens (tertiary/aromatic N) is 1. The summed E-state index contributed by atoms with van der Waals surface area (Å²) in [6, 6.07) is 0. The Morgan fingerprint density at radius 2 is 2.33 bits per heavy atom. The van der Waals surface area contributed by atoms with Gasteiger partial charge in [0.2, 0.25) is 0 Å². The number of allylic oxidation sites excluding steroid dienone is 1. The minimum atomic E-state index is -0.363. The molecule has 0 amide bonds. The molecule has 1 rings (SSSR count). The highest BCUT2D eigenvalue weighted by Crippen LogP contribution is 2.19. The molecule has 0 aliphatic carbocycles. The molecule has 0 unspecified atom stereocenters. The van der Waals surface area contributed by atoms with Crippen LogP contribution in [0.3, 0.4) is 0 Å². The summed E-state index contributed by atoms with van der Waals surface area (Å²) in [5.74, 6) is -0.363. The molecule has 1 aromatic rings. The lowest BCUT2D eigenvalue weighted by Crippen LogP contribution is -2.03. The fourth-order valence-electron chi connectivity index (χ4n) is 0.996. The molecule has 15 heavy (non-hydrogen) atoms. The van der Waals surface area contributed by atoms with Crippen LogP contribution in [0, 0.1) is 6.92 Å². The van der Waals surface area contributed by atoms with E-state index in [0.717, 1.165) is 0 Å². The van der Waals surface area contributed by atoms with E-state index in [0.29, 0.717) is 28.5 Å². The van der Waals surface area contributed by atoms with Crippen LogP contribution in [0.2, 0.25) is 0 Å². The molecule has 5 heteroatoms. The second-order valence-corrected chi connectivity index (χ2v) is 3.71. The molecule has 0 saturated carbocycles. The lowest BCUT2D eigenvalue weighted by Gasteiger charge is -1.97. The van der Waals surface area contributed by atoms with Crippen molar-refractivity contribution in [2.24, 2.45) is 0 Å². The van der Waals surface area contributed by atoms with E-state index < -0.39 is 0 Å². The summed E-state index contributed by atoms with van der Waals surface area (Å²) in [5.41, 5.74) is 0.629. The van der Waals surface area contributed by atoms with Crippen LogP contribution in [0.4, 0.5) is 0 Å². The van der Waals surface area contributed by atoms with E-state index in [4.69, 9.17) is 4.74 Å². The number of esters is 1. The van der Waals surface area contributed by atoms with E-state index >= 15 is 0 Å². The number of aromatic nitrogens is 1. The third-order valence-corrected chi connectivity index (χ3v) is 2.69. The zero-order chi connectivity index (χ0) is 11.3. The normalized spacial score (nSPS) is 10.5. The second kappa shape index (κ2) is 5.41. The minimum Gasteiger partial charge on any atom is -0.462 e. The van der Waals surface area contributed by atoms with Crippen LogP contribution in [0.25, 0.3) is 6.08 Å². The van der Waals surface area contributed by atoms with Gasteiger partial charge in [-0.25, -0.2) is 9.78 Å². The molecule has 0 atom stereocenters. The van der Waals surface area contributed by atoms with E-state index in [9.17, 15) is 9.59 Å². The maximum absolute atomic E-state index is 11.4. The predicted molar refractivity (Wildman–Crippen MR) is 57.9 cm³/mol. The van der Waals surface area contributed by atoms with Crippen molar-refractivity contribution in [1.82, 2.24) is 4.98 Å². The molecular weight excluding hydrogens is 214 g/mol. The topological polar surface area (TPSA) is 56.3 Å². The number of aldehydes is 1. The van der Waals surface area contributed by atoms with Gasteiger partial charge < -0.3 is 4.74 Å². The van der Waals surface area contributed by atoms with E-state index in [1.807, 2.05) is 0 Å². The van der Waals surface area contributed by atoms with E-state index in [-0.39, 0.29) is 5.97 Å². The van der Waals surface area contributed by atoms with Crippen molar-refractivity contribution in [3.63, 3.8) is 0 Å². The van der Waals surface area contributed by atoms with Crippen LogP contribution in [0.15, 0.2) is 6.08 Å². The summed E-state index contributed by atoms with van der Waals surface area (Å²) in [6.07, 6.45) is 3.57. The number of hydrogen-bond acceptors (Lipinski definition) is 5. The fourth-order valence-corrected chi connectivity index (χ4v) is 1.87. The Kier molecular flexibility index (Phi) is 4.17. The first-order valence-corrected chi connectivity index (χ1v) is 5.27. The van der Waals surface area contributed by atoms with Gasteiger partial charge in [0, 0.05) is 0 Å². The molecular formula is C10H11NO3S. The first-order valence-electron chi connectivity index (χ1n) is 4.45. The van der Waals surface area contributed by atoms with Crippen molar-refractivity contribution in [2.45, 2.75) is 13.8 Å². The van der Waals surface area contributed by atoms with Crippen molar-refractivity contribution in [3.05, 3.63) is 21.7 Å². The van der Waals surface area contributed by atoms with Crippen molar-refractivity contribution in [3.8, 4) is 0 Å². The number of ether oxygens (including phenoxy) is 1. The van der Waals surface area contributed by atoms with Gasteiger partial charge in [0.1, 0.15) is 16.2 Å². The summed E-state index contributed by atoms with van der Waals surface area (Å²) in [5, 5.41) is 0.627. The molecule has 1 heterocycles. The summed E-state index contributed by atoms with van der Waals surface area (Å²) >= 11 is 1.22.